The molecule has 122 valence electrons. The van der Waals surface area contributed by atoms with Crippen molar-refractivity contribution in [3.05, 3.63) is 52.5 Å². The van der Waals surface area contributed by atoms with Crippen LogP contribution in [0.1, 0.15) is 23.3 Å². The Balaban J connectivity index is 1.28. The summed E-state index contributed by atoms with van der Waals surface area (Å²) in [6, 6.07) is 8.34. The van der Waals surface area contributed by atoms with Crippen molar-refractivity contribution in [2.24, 2.45) is 0 Å². The third kappa shape index (κ3) is 3.63. The highest BCUT2D eigenvalue weighted by molar-refractivity contribution is 7.09. The third-order valence-corrected chi connectivity index (χ3v) is 5.60. The molecule has 2 aliphatic rings. The molecule has 0 radical (unpaired) electrons. The fraction of sp³-hybridized carbons (Fsp3) is 0.500. The van der Waals surface area contributed by atoms with Crippen LogP contribution in [-0.2, 0) is 22.6 Å². The second-order valence-electron chi connectivity index (χ2n) is 6.53. The first kappa shape index (κ1) is 15.3. The molecular weight excluding hydrogens is 308 g/mol. The molecule has 4 rings (SSSR count). The topological polar surface area (TPSA) is 34.6 Å². The summed E-state index contributed by atoms with van der Waals surface area (Å²) in [5.41, 5.74) is 1.14. The molecule has 2 atom stereocenters. The lowest BCUT2D eigenvalue weighted by molar-refractivity contribution is -0.000410. The van der Waals surface area contributed by atoms with E-state index >= 15 is 0 Å². The molecule has 2 saturated heterocycles. The maximum absolute atomic E-state index is 6.17. The minimum Gasteiger partial charge on any atom is -0.371 e. The van der Waals surface area contributed by atoms with Crippen LogP contribution in [0.25, 0.3) is 0 Å². The zero-order valence-corrected chi connectivity index (χ0v) is 14.0. The molecule has 2 aliphatic heterocycles. The van der Waals surface area contributed by atoms with Crippen molar-refractivity contribution in [3.8, 4) is 0 Å². The van der Waals surface area contributed by atoms with Crippen molar-refractivity contribution in [1.29, 1.82) is 0 Å². The Morgan fingerprint density at radius 1 is 1.39 bits per heavy atom. The summed E-state index contributed by atoms with van der Waals surface area (Å²) in [4.78, 5) is 8.07. The highest BCUT2D eigenvalue weighted by atomic mass is 32.1. The Kier molecular flexibility index (Phi) is 4.44. The van der Waals surface area contributed by atoms with E-state index in [-0.39, 0.29) is 11.7 Å². The third-order valence-electron chi connectivity index (χ3n) is 4.74. The number of pyridine rings is 1. The second kappa shape index (κ2) is 6.69. The molecule has 0 bridgehead atoms. The number of rotatable bonds is 5. The van der Waals surface area contributed by atoms with Gasteiger partial charge in [0.05, 0.1) is 24.9 Å². The van der Waals surface area contributed by atoms with E-state index < -0.39 is 0 Å². The van der Waals surface area contributed by atoms with E-state index in [1.807, 2.05) is 23.6 Å². The maximum atomic E-state index is 6.17. The highest BCUT2D eigenvalue weighted by Crippen LogP contribution is 2.37. The van der Waals surface area contributed by atoms with Crippen molar-refractivity contribution in [3.63, 3.8) is 0 Å². The van der Waals surface area contributed by atoms with Gasteiger partial charge < -0.3 is 9.47 Å². The van der Waals surface area contributed by atoms with Gasteiger partial charge in [-0.1, -0.05) is 12.1 Å². The van der Waals surface area contributed by atoms with Crippen molar-refractivity contribution >= 4 is 11.3 Å². The minimum absolute atomic E-state index is 0.0108. The van der Waals surface area contributed by atoms with Crippen LogP contribution in [-0.4, -0.2) is 41.3 Å². The lowest BCUT2D eigenvalue weighted by Crippen LogP contribution is -2.32. The van der Waals surface area contributed by atoms with E-state index in [0.717, 1.165) is 38.0 Å². The first-order chi connectivity index (χ1) is 11.3. The van der Waals surface area contributed by atoms with Crippen LogP contribution in [0.4, 0.5) is 0 Å². The SMILES string of the molecule is c1cncc(CO[C@H]2CO[C@@]3(CCN(Cc4cccs4)C3)C2)c1. The average Bonchev–Trinajstić information content (AvgIpc) is 3.31. The largest absolute Gasteiger partial charge is 0.371 e. The molecule has 0 amide bonds. The van der Waals surface area contributed by atoms with E-state index in [2.05, 4.69) is 33.5 Å². The number of likely N-dealkylation sites (tertiary alicyclic amines) is 1. The van der Waals surface area contributed by atoms with Crippen LogP contribution in [0.2, 0.25) is 0 Å². The van der Waals surface area contributed by atoms with Gasteiger partial charge in [-0.15, -0.1) is 11.3 Å². The highest BCUT2D eigenvalue weighted by Gasteiger charge is 2.45. The van der Waals surface area contributed by atoms with Crippen molar-refractivity contribution in [2.75, 3.05) is 19.7 Å². The van der Waals surface area contributed by atoms with Crippen LogP contribution >= 0.6 is 11.3 Å². The molecule has 0 aliphatic carbocycles. The van der Waals surface area contributed by atoms with Crippen molar-refractivity contribution < 1.29 is 9.47 Å². The standard InChI is InChI=1S/C18H22N2O2S/c1-3-15(10-19-6-1)12-21-16-9-18(22-13-16)5-7-20(14-18)11-17-4-2-8-23-17/h1-4,6,8,10,16H,5,7,9,11-14H2/t16-,18+/m1/s1. The molecule has 2 aromatic rings. The van der Waals surface area contributed by atoms with Crippen molar-refractivity contribution in [1.82, 2.24) is 9.88 Å². The Morgan fingerprint density at radius 2 is 2.39 bits per heavy atom. The number of hydrogen-bond donors (Lipinski definition) is 0. The molecule has 4 heterocycles. The van der Waals surface area contributed by atoms with E-state index in [1.54, 1.807) is 6.20 Å². The first-order valence-corrected chi connectivity index (χ1v) is 9.09. The van der Waals surface area contributed by atoms with E-state index in [9.17, 15) is 0 Å². The predicted molar refractivity (Wildman–Crippen MR) is 90.3 cm³/mol. The van der Waals surface area contributed by atoms with Crippen LogP contribution in [0.15, 0.2) is 42.0 Å². The molecule has 2 aromatic heterocycles. The second-order valence-corrected chi connectivity index (χ2v) is 7.56. The number of nitrogens with zero attached hydrogens (tertiary/aromatic N) is 2. The lowest BCUT2D eigenvalue weighted by Gasteiger charge is -2.23. The fourth-order valence-corrected chi connectivity index (χ4v) is 4.32. The van der Waals surface area contributed by atoms with E-state index in [1.165, 1.54) is 4.88 Å². The minimum atomic E-state index is 0.0108. The summed E-state index contributed by atoms with van der Waals surface area (Å²) in [5.74, 6) is 0. The van der Waals surface area contributed by atoms with Gasteiger partial charge in [0.25, 0.3) is 0 Å². The quantitative estimate of drug-likeness (QED) is 0.844. The number of thiophene rings is 1. The van der Waals surface area contributed by atoms with Crippen LogP contribution < -0.4 is 0 Å². The molecule has 0 N–H and O–H groups in total. The molecule has 0 aromatic carbocycles. The number of ether oxygens (including phenoxy) is 2. The molecule has 1 spiro atoms. The smallest absolute Gasteiger partial charge is 0.0847 e. The summed E-state index contributed by atoms with van der Waals surface area (Å²) in [6.07, 6.45) is 5.98. The van der Waals surface area contributed by atoms with Gasteiger partial charge in [0.15, 0.2) is 0 Å². The summed E-state index contributed by atoms with van der Waals surface area (Å²) in [5, 5.41) is 2.15. The molecule has 23 heavy (non-hydrogen) atoms. The van der Waals surface area contributed by atoms with E-state index in [4.69, 9.17) is 9.47 Å². The summed E-state index contributed by atoms with van der Waals surface area (Å²) in [6.45, 7) is 4.53. The number of aromatic nitrogens is 1. The van der Waals surface area contributed by atoms with Crippen molar-refractivity contribution in [2.45, 2.75) is 37.7 Å². The van der Waals surface area contributed by atoms with Gasteiger partial charge in [0.1, 0.15) is 0 Å². The molecule has 4 nitrogen and oxygen atoms in total. The molecule has 0 saturated carbocycles. The summed E-state index contributed by atoms with van der Waals surface area (Å²) < 4.78 is 12.2. The Bertz CT molecular complexity index is 619. The van der Waals surface area contributed by atoms with Gasteiger partial charge in [-0.25, -0.2) is 0 Å². The van der Waals surface area contributed by atoms with Gasteiger partial charge in [0.2, 0.25) is 0 Å². The normalized spacial score (nSPS) is 27.9. The van der Waals surface area contributed by atoms with Crippen LogP contribution in [0.3, 0.4) is 0 Å². The average molecular weight is 330 g/mol. The predicted octanol–water partition coefficient (Wildman–Crippen LogP) is 3.09. The zero-order chi connectivity index (χ0) is 15.5. The fourth-order valence-electron chi connectivity index (χ4n) is 3.58. The molecule has 5 heteroatoms. The molecule has 2 fully saturated rings. The Labute approximate surface area is 141 Å². The van der Waals surface area contributed by atoms with Gasteiger partial charge in [-0.2, -0.15) is 0 Å². The van der Waals surface area contributed by atoms with Crippen LogP contribution in [0.5, 0.6) is 0 Å². The molecule has 0 unspecified atom stereocenters. The van der Waals surface area contributed by atoms with Gasteiger partial charge >= 0.3 is 0 Å². The Morgan fingerprint density at radius 3 is 3.22 bits per heavy atom. The van der Waals surface area contributed by atoms with E-state index in [0.29, 0.717) is 13.2 Å². The number of hydrogen-bond acceptors (Lipinski definition) is 5. The zero-order valence-electron chi connectivity index (χ0n) is 13.2. The maximum Gasteiger partial charge on any atom is 0.0847 e. The van der Waals surface area contributed by atoms with Gasteiger partial charge in [0, 0.05) is 43.3 Å². The lowest BCUT2D eigenvalue weighted by atomic mass is 9.98. The van der Waals surface area contributed by atoms with Gasteiger partial charge in [-0.05, 0) is 29.5 Å². The summed E-state index contributed by atoms with van der Waals surface area (Å²) >= 11 is 1.83. The first-order valence-electron chi connectivity index (χ1n) is 8.21. The monoisotopic (exact) mass is 330 g/mol. The Hall–Kier alpha value is -1.27. The summed E-state index contributed by atoms with van der Waals surface area (Å²) in [7, 11) is 0. The van der Waals surface area contributed by atoms with Crippen LogP contribution in [0, 0.1) is 0 Å². The van der Waals surface area contributed by atoms with Gasteiger partial charge in [-0.3, -0.25) is 9.88 Å². The molecular formula is C18H22N2O2S.